The van der Waals surface area contributed by atoms with E-state index in [1.54, 1.807) is 12.5 Å². The average molecular weight is 294 g/mol. The minimum atomic E-state index is -0.147. The molecule has 0 amide bonds. The maximum Gasteiger partial charge on any atom is 0.235 e. The average Bonchev–Trinajstić information content (AvgIpc) is 3.26. The van der Waals surface area contributed by atoms with Crippen molar-refractivity contribution in [2.24, 2.45) is 5.92 Å². The number of rotatable bonds is 4. The summed E-state index contributed by atoms with van der Waals surface area (Å²) >= 11 is 0. The highest BCUT2D eigenvalue weighted by Gasteiger charge is 2.31. The Hall–Kier alpha value is -2.33. The second kappa shape index (κ2) is 5.81. The molecule has 1 N–H and O–H groups in total. The molecule has 0 spiro atoms. The summed E-state index contributed by atoms with van der Waals surface area (Å²) in [5.74, 6) is 1.89. The first-order valence-electron chi connectivity index (χ1n) is 7.66. The number of ether oxygens (including phenoxy) is 1. The zero-order valence-electron chi connectivity index (χ0n) is 12.2. The molecule has 4 heteroatoms. The third kappa shape index (κ3) is 2.57. The van der Waals surface area contributed by atoms with Gasteiger partial charge in [0.2, 0.25) is 5.89 Å². The lowest BCUT2D eigenvalue weighted by Gasteiger charge is -2.21. The first-order chi connectivity index (χ1) is 10.9. The topological polar surface area (TPSA) is 47.3 Å². The lowest BCUT2D eigenvalue weighted by Crippen LogP contribution is -2.21. The summed E-state index contributed by atoms with van der Waals surface area (Å²) < 4.78 is 11.8. The number of nitrogens with one attached hydrogen (secondary N) is 1. The highest BCUT2D eigenvalue weighted by molar-refractivity contribution is 5.83. The third-order valence-corrected chi connectivity index (χ3v) is 4.21. The van der Waals surface area contributed by atoms with Crippen LogP contribution in [0.25, 0.3) is 10.8 Å². The smallest absolute Gasteiger partial charge is 0.235 e. The van der Waals surface area contributed by atoms with Gasteiger partial charge in [-0.25, -0.2) is 4.98 Å². The molecule has 112 valence electrons. The van der Waals surface area contributed by atoms with Crippen molar-refractivity contribution in [3.8, 4) is 5.75 Å². The number of benzene rings is 2. The normalized spacial score (nSPS) is 19.4. The van der Waals surface area contributed by atoms with E-state index in [-0.39, 0.29) is 6.10 Å². The number of aromatic nitrogens is 1. The zero-order chi connectivity index (χ0) is 14.8. The van der Waals surface area contributed by atoms with Crippen molar-refractivity contribution in [1.82, 2.24) is 10.3 Å². The van der Waals surface area contributed by atoms with Crippen LogP contribution in [0.1, 0.15) is 18.4 Å². The van der Waals surface area contributed by atoms with E-state index in [1.165, 1.54) is 10.8 Å². The van der Waals surface area contributed by atoms with Crippen LogP contribution in [-0.4, -0.2) is 18.1 Å². The van der Waals surface area contributed by atoms with E-state index in [0.29, 0.717) is 11.8 Å². The molecule has 4 nitrogen and oxygen atoms in total. The molecule has 1 fully saturated rings. The van der Waals surface area contributed by atoms with Crippen molar-refractivity contribution >= 4 is 10.8 Å². The van der Waals surface area contributed by atoms with E-state index in [4.69, 9.17) is 9.15 Å². The Balaban J connectivity index is 1.64. The molecule has 22 heavy (non-hydrogen) atoms. The molecule has 3 aromatic rings. The molecule has 1 saturated heterocycles. The fraction of sp³-hybridized carbons (Fsp3) is 0.278. The van der Waals surface area contributed by atoms with Crippen molar-refractivity contribution in [3.05, 3.63) is 60.8 Å². The number of nitrogens with zero attached hydrogens (tertiary/aromatic N) is 1. The van der Waals surface area contributed by atoms with Gasteiger partial charge in [-0.05, 0) is 35.9 Å². The molecular formula is C18H18N2O2. The Morgan fingerprint density at radius 3 is 2.86 bits per heavy atom. The van der Waals surface area contributed by atoms with E-state index in [1.807, 2.05) is 18.2 Å². The lowest BCUT2D eigenvalue weighted by molar-refractivity contribution is 0.114. The van der Waals surface area contributed by atoms with Crippen LogP contribution in [0.4, 0.5) is 0 Å². The van der Waals surface area contributed by atoms with Gasteiger partial charge in [-0.1, -0.05) is 30.3 Å². The van der Waals surface area contributed by atoms with Crippen LogP contribution in [0, 0.1) is 5.92 Å². The minimum absolute atomic E-state index is 0.147. The second-order valence-electron chi connectivity index (χ2n) is 5.67. The first-order valence-corrected chi connectivity index (χ1v) is 7.66. The fourth-order valence-corrected chi connectivity index (χ4v) is 3.05. The lowest BCUT2D eigenvalue weighted by atomic mass is 10.0. The Bertz CT molecular complexity index is 749. The van der Waals surface area contributed by atoms with E-state index < -0.39 is 0 Å². The summed E-state index contributed by atoms with van der Waals surface area (Å²) in [4.78, 5) is 4.30. The summed E-state index contributed by atoms with van der Waals surface area (Å²) in [6.45, 7) is 1.95. The second-order valence-corrected chi connectivity index (χ2v) is 5.67. The molecule has 0 saturated carbocycles. The predicted octanol–water partition coefficient (Wildman–Crippen LogP) is 3.56. The molecule has 1 aliphatic heterocycles. The van der Waals surface area contributed by atoms with E-state index in [9.17, 15) is 0 Å². The number of fused-ring (bicyclic) bond motifs is 1. The monoisotopic (exact) mass is 294 g/mol. The van der Waals surface area contributed by atoms with Crippen LogP contribution >= 0.6 is 0 Å². The number of oxazole rings is 1. The largest absolute Gasteiger partial charge is 0.480 e. The Morgan fingerprint density at radius 1 is 1.18 bits per heavy atom. The van der Waals surface area contributed by atoms with E-state index >= 15 is 0 Å². The summed E-state index contributed by atoms with van der Waals surface area (Å²) in [7, 11) is 0. The summed E-state index contributed by atoms with van der Waals surface area (Å²) in [5, 5.41) is 5.77. The SMILES string of the molecule is c1ccc2cc(OC(c3ncco3)[C@H]3CCNC3)ccc2c1. The summed E-state index contributed by atoms with van der Waals surface area (Å²) in [6, 6.07) is 14.5. The van der Waals surface area contributed by atoms with Gasteiger partial charge in [-0.15, -0.1) is 0 Å². The molecule has 0 bridgehead atoms. The fourth-order valence-electron chi connectivity index (χ4n) is 3.05. The van der Waals surface area contributed by atoms with Crippen molar-refractivity contribution in [2.45, 2.75) is 12.5 Å². The van der Waals surface area contributed by atoms with Gasteiger partial charge < -0.3 is 14.5 Å². The van der Waals surface area contributed by atoms with Crippen LogP contribution in [0.15, 0.2) is 59.3 Å². The molecule has 1 aliphatic rings. The zero-order valence-corrected chi connectivity index (χ0v) is 12.2. The van der Waals surface area contributed by atoms with Gasteiger partial charge in [0.25, 0.3) is 0 Å². The van der Waals surface area contributed by atoms with Crippen LogP contribution in [-0.2, 0) is 0 Å². The Kier molecular flexibility index (Phi) is 3.52. The highest BCUT2D eigenvalue weighted by Crippen LogP contribution is 2.32. The molecule has 0 aliphatic carbocycles. The number of hydrogen-bond acceptors (Lipinski definition) is 4. The molecule has 4 rings (SSSR count). The van der Waals surface area contributed by atoms with Gasteiger partial charge >= 0.3 is 0 Å². The maximum atomic E-state index is 6.25. The van der Waals surface area contributed by atoms with E-state index in [2.05, 4.69) is 34.6 Å². The van der Waals surface area contributed by atoms with Gasteiger partial charge in [-0.2, -0.15) is 0 Å². The predicted molar refractivity (Wildman–Crippen MR) is 84.8 cm³/mol. The van der Waals surface area contributed by atoms with Gasteiger partial charge in [0.15, 0.2) is 6.10 Å². The summed E-state index contributed by atoms with van der Waals surface area (Å²) in [6.07, 6.45) is 4.20. The molecule has 0 radical (unpaired) electrons. The third-order valence-electron chi connectivity index (χ3n) is 4.21. The van der Waals surface area contributed by atoms with E-state index in [0.717, 1.165) is 25.3 Å². The molecule has 2 atom stereocenters. The van der Waals surface area contributed by atoms with Crippen LogP contribution < -0.4 is 10.1 Å². The molecule has 2 aromatic carbocycles. The molecule has 1 aromatic heterocycles. The van der Waals surface area contributed by atoms with Gasteiger partial charge in [0, 0.05) is 12.5 Å². The van der Waals surface area contributed by atoms with Crippen molar-refractivity contribution in [3.63, 3.8) is 0 Å². The quantitative estimate of drug-likeness (QED) is 0.799. The number of hydrogen-bond donors (Lipinski definition) is 1. The highest BCUT2D eigenvalue weighted by atomic mass is 16.5. The van der Waals surface area contributed by atoms with Gasteiger partial charge in [0.05, 0.1) is 6.20 Å². The summed E-state index contributed by atoms with van der Waals surface area (Å²) in [5.41, 5.74) is 0. The Morgan fingerprint density at radius 2 is 2.09 bits per heavy atom. The van der Waals surface area contributed by atoms with Crippen molar-refractivity contribution in [1.29, 1.82) is 0 Å². The van der Waals surface area contributed by atoms with Gasteiger partial charge in [-0.3, -0.25) is 0 Å². The van der Waals surface area contributed by atoms with Crippen molar-refractivity contribution in [2.75, 3.05) is 13.1 Å². The van der Waals surface area contributed by atoms with Crippen molar-refractivity contribution < 1.29 is 9.15 Å². The van der Waals surface area contributed by atoms with Gasteiger partial charge in [0.1, 0.15) is 12.0 Å². The van der Waals surface area contributed by atoms with Crippen LogP contribution in [0.5, 0.6) is 5.75 Å². The van der Waals surface area contributed by atoms with Crippen LogP contribution in [0.2, 0.25) is 0 Å². The molecular weight excluding hydrogens is 276 g/mol. The maximum absolute atomic E-state index is 6.25. The van der Waals surface area contributed by atoms with Crippen LogP contribution in [0.3, 0.4) is 0 Å². The Labute approximate surface area is 129 Å². The minimum Gasteiger partial charge on any atom is -0.480 e. The first kappa shape index (κ1) is 13.3. The molecule has 2 heterocycles. The molecule has 1 unspecified atom stereocenters. The standard InChI is InChI=1S/C18H18N2O2/c1-2-4-14-11-16(6-5-13(14)3-1)22-17(15-7-8-19-12-15)18-20-9-10-21-18/h1-6,9-11,15,17,19H,7-8,12H2/t15-,17?/m0/s1.